The van der Waals surface area contributed by atoms with Crippen molar-refractivity contribution in [2.75, 3.05) is 37.0 Å². The van der Waals surface area contributed by atoms with E-state index in [1.54, 1.807) is 13.1 Å². The van der Waals surface area contributed by atoms with Crippen molar-refractivity contribution in [3.63, 3.8) is 0 Å². The van der Waals surface area contributed by atoms with Crippen LogP contribution in [-0.2, 0) is 0 Å². The monoisotopic (exact) mass is 237 g/mol. The summed E-state index contributed by atoms with van der Waals surface area (Å²) in [6, 6.07) is 5.47. The van der Waals surface area contributed by atoms with Crippen molar-refractivity contribution in [3.8, 4) is 0 Å². The van der Waals surface area contributed by atoms with E-state index in [9.17, 15) is 4.79 Å². The van der Waals surface area contributed by atoms with Gasteiger partial charge >= 0.3 is 0 Å². The number of thioether (sulfide) groups is 1. The molecule has 0 aliphatic carbocycles. The number of hydrogen-bond acceptors (Lipinski definition) is 4. The fraction of sp³-hybridized carbons (Fsp3) is 0.455. The average Bonchev–Trinajstić information content (AvgIpc) is 2.39. The maximum absolute atomic E-state index is 12.1. The Kier molecular flexibility index (Phi) is 3.66. The molecule has 0 saturated carbocycles. The number of carbonyl (C=O) groups excluding carboxylic acids is 1. The molecule has 1 saturated heterocycles. The fourth-order valence-corrected chi connectivity index (χ4v) is 2.52. The Morgan fingerprint density at radius 3 is 2.88 bits per heavy atom. The SMILES string of the molecule is CNc1cccc(C(=O)N2CCSCC2)n1. The maximum atomic E-state index is 12.1. The Morgan fingerprint density at radius 1 is 1.44 bits per heavy atom. The molecule has 2 heterocycles. The van der Waals surface area contributed by atoms with Crippen LogP contribution in [0.5, 0.6) is 0 Å². The molecule has 1 aliphatic rings. The summed E-state index contributed by atoms with van der Waals surface area (Å²) in [4.78, 5) is 18.2. The number of amides is 1. The van der Waals surface area contributed by atoms with Crippen LogP contribution in [0.2, 0.25) is 0 Å². The summed E-state index contributed by atoms with van der Waals surface area (Å²) in [5.74, 6) is 2.82. The van der Waals surface area contributed by atoms with Crippen molar-refractivity contribution in [3.05, 3.63) is 23.9 Å². The predicted molar refractivity (Wildman–Crippen MR) is 67.0 cm³/mol. The molecule has 1 amide bonds. The minimum Gasteiger partial charge on any atom is -0.373 e. The first-order valence-corrected chi connectivity index (χ1v) is 6.48. The number of carbonyl (C=O) groups is 1. The number of rotatable bonds is 2. The lowest BCUT2D eigenvalue weighted by Gasteiger charge is -2.26. The topological polar surface area (TPSA) is 45.2 Å². The van der Waals surface area contributed by atoms with Gasteiger partial charge in [0.1, 0.15) is 11.5 Å². The van der Waals surface area contributed by atoms with Crippen LogP contribution in [0.1, 0.15) is 10.5 Å². The molecule has 2 rings (SSSR count). The van der Waals surface area contributed by atoms with E-state index in [4.69, 9.17) is 0 Å². The maximum Gasteiger partial charge on any atom is 0.272 e. The van der Waals surface area contributed by atoms with Crippen molar-refractivity contribution in [1.29, 1.82) is 0 Å². The van der Waals surface area contributed by atoms with Gasteiger partial charge in [-0.05, 0) is 12.1 Å². The van der Waals surface area contributed by atoms with E-state index >= 15 is 0 Å². The van der Waals surface area contributed by atoms with Crippen molar-refractivity contribution in [1.82, 2.24) is 9.88 Å². The molecule has 1 fully saturated rings. The average molecular weight is 237 g/mol. The highest BCUT2D eigenvalue weighted by atomic mass is 32.2. The van der Waals surface area contributed by atoms with E-state index in [2.05, 4.69) is 10.3 Å². The van der Waals surface area contributed by atoms with Crippen LogP contribution in [0.4, 0.5) is 5.82 Å². The first kappa shape index (κ1) is 11.3. The van der Waals surface area contributed by atoms with Crippen LogP contribution in [0.15, 0.2) is 18.2 Å². The van der Waals surface area contributed by atoms with Crippen LogP contribution in [-0.4, -0.2) is 47.4 Å². The van der Waals surface area contributed by atoms with Gasteiger partial charge in [0.25, 0.3) is 5.91 Å². The van der Waals surface area contributed by atoms with Crippen molar-refractivity contribution in [2.45, 2.75) is 0 Å². The molecular formula is C11H15N3OS. The fourth-order valence-electron chi connectivity index (χ4n) is 1.62. The molecule has 0 bridgehead atoms. The first-order valence-electron chi connectivity index (χ1n) is 5.33. The van der Waals surface area contributed by atoms with E-state index in [-0.39, 0.29) is 5.91 Å². The first-order chi connectivity index (χ1) is 7.81. The molecule has 0 unspecified atom stereocenters. The summed E-state index contributed by atoms with van der Waals surface area (Å²) in [5.41, 5.74) is 0.527. The van der Waals surface area contributed by atoms with Crippen LogP contribution in [0.25, 0.3) is 0 Å². The zero-order valence-electron chi connectivity index (χ0n) is 9.27. The zero-order chi connectivity index (χ0) is 11.4. The van der Waals surface area contributed by atoms with Gasteiger partial charge in [-0.1, -0.05) is 6.07 Å². The molecule has 0 aromatic carbocycles. The molecule has 0 atom stereocenters. The molecule has 0 radical (unpaired) electrons. The Labute approximate surface area is 99.4 Å². The summed E-state index contributed by atoms with van der Waals surface area (Å²) in [7, 11) is 1.80. The van der Waals surface area contributed by atoms with Crippen LogP contribution < -0.4 is 5.32 Å². The molecule has 0 spiro atoms. The third-order valence-electron chi connectivity index (χ3n) is 2.52. The van der Waals surface area contributed by atoms with Crippen LogP contribution >= 0.6 is 11.8 Å². The van der Waals surface area contributed by atoms with Gasteiger partial charge < -0.3 is 10.2 Å². The highest BCUT2D eigenvalue weighted by Crippen LogP contribution is 2.13. The van der Waals surface area contributed by atoms with E-state index < -0.39 is 0 Å². The normalized spacial score (nSPS) is 15.9. The number of anilines is 1. The second kappa shape index (κ2) is 5.21. The summed E-state index contributed by atoms with van der Waals surface area (Å²) < 4.78 is 0. The van der Waals surface area contributed by atoms with Gasteiger partial charge in [0.05, 0.1) is 0 Å². The summed E-state index contributed by atoms with van der Waals surface area (Å²) in [6.07, 6.45) is 0. The summed E-state index contributed by atoms with van der Waals surface area (Å²) in [5, 5.41) is 2.94. The summed E-state index contributed by atoms with van der Waals surface area (Å²) >= 11 is 1.89. The Bertz CT molecular complexity index is 377. The largest absolute Gasteiger partial charge is 0.373 e. The van der Waals surface area contributed by atoms with E-state index in [0.717, 1.165) is 30.4 Å². The lowest BCUT2D eigenvalue weighted by molar-refractivity contribution is 0.0766. The third kappa shape index (κ3) is 2.47. The molecule has 1 aliphatic heterocycles. The highest BCUT2D eigenvalue weighted by Gasteiger charge is 2.19. The molecule has 1 N–H and O–H groups in total. The standard InChI is InChI=1S/C11H15N3OS/c1-12-10-4-2-3-9(13-10)11(15)14-5-7-16-8-6-14/h2-4H,5-8H2,1H3,(H,12,13). The molecular weight excluding hydrogens is 222 g/mol. The number of aromatic nitrogens is 1. The molecule has 4 nitrogen and oxygen atoms in total. The second-order valence-corrected chi connectivity index (χ2v) is 4.79. The lowest BCUT2D eigenvalue weighted by Crippen LogP contribution is -2.38. The van der Waals surface area contributed by atoms with Gasteiger partial charge in [-0.15, -0.1) is 0 Å². The van der Waals surface area contributed by atoms with Gasteiger partial charge in [0.2, 0.25) is 0 Å². The second-order valence-electron chi connectivity index (χ2n) is 3.56. The number of hydrogen-bond donors (Lipinski definition) is 1. The van der Waals surface area contributed by atoms with E-state index in [0.29, 0.717) is 5.69 Å². The molecule has 1 aromatic heterocycles. The number of nitrogens with one attached hydrogen (secondary N) is 1. The van der Waals surface area contributed by atoms with Gasteiger partial charge in [-0.25, -0.2) is 4.98 Å². The minimum absolute atomic E-state index is 0.0393. The Balaban J connectivity index is 2.12. The van der Waals surface area contributed by atoms with E-state index in [1.165, 1.54) is 0 Å². The van der Waals surface area contributed by atoms with E-state index in [1.807, 2.05) is 28.8 Å². The summed E-state index contributed by atoms with van der Waals surface area (Å²) in [6.45, 7) is 1.66. The number of pyridine rings is 1. The van der Waals surface area contributed by atoms with Crippen LogP contribution in [0.3, 0.4) is 0 Å². The Morgan fingerprint density at radius 2 is 2.19 bits per heavy atom. The van der Waals surface area contributed by atoms with Crippen LogP contribution in [0, 0.1) is 0 Å². The highest BCUT2D eigenvalue weighted by molar-refractivity contribution is 7.99. The van der Waals surface area contributed by atoms with Crippen molar-refractivity contribution in [2.24, 2.45) is 0 Å². The van der Waals surface area contributed by atoms with Gasteiger partial charge in [0.15, 0.2) is 0 Å². The van der Waals surface area contributed by atoms with Gasteiger partial charge in [-0.2, -0.15) is 11.8 Å². The number of nitrogens with zero attached hydrogens (tertiary/aromatic N) is 2. The lowest BCUT2D eigenvalue weighted by atomic mass is 10.3. The van der Waals surface area contributed by atoms with Crippen molar-refractivity contribution < 1.29 is 4.79 Å². The van der Waals surface area contributed by atoms with Crippen molar-refractivity contribution >= 4 is 23.5 Å². The molecule has 16 heavy (non-hydrogen) atoms. The Hall–Kier alpha value is -1.23. The molecule has 1 aromatic rings. The predicted octanol–water partition coefficient (Wildman–Crippen LogP) is 1.31. The van der Waals surface area contributed by atoms with Gasteiger partial charge in [-0.3, -0.25) is 4.79 Å². The molecule has 5 heteroatoms. The zero-order valence-corrected chi connectivity index (χ0v) is 10.1. The smallest absolute Gasteiger partial charge is 0.272 e. The minimum atomic E-state index is 0.0393. The quantitative estimate of drug-likeness (QED) is 0.842. The van der Waals surface area contributed by atoms with Gasteiger partial charge in [0, 0.05) is 31.6 Å². The molecule has 86 valence electrons. The third-order valence-corrected chi connectivity index (χ3v) is 3.47.